The van der Waals surface area contributed by atoms with Crippen LogP contribution in [0.5, 0.6) is 0 Å². The molecular formula is C22H27NO3S. The topological polar surface area (TPSA) is 55.4 Å². The van der Waals surface area contributed by atoms with Gasteiger partial charge in [0.15, 0.2) is 0 Å². The molecule has 2 aromatic rings. The molecule has 1 unspecified atom stereocenters. The van der Waals surface area contributed by atoms with E-state index in [-0.39, 0.29) is 11.9 Å². The summed E-state index contributed by atoms with van der Waals surface area (Å²) >= 11 is 1.53. The molecule has 5 heteroatoms. The molecule has 0 bridgehead atoms. The second-order valence-corrected chi connectivity index (χ2v) is 8.54. The third-order valence-corrected chi connectivity index (χ3v) is 6.26. The van der Waals surface area contributed by atoms with Crippen LogP contribution >= 0.6 is 11.3 Å². The fourth-order valence-electron chi connectivity index (χ4n) is 3.65. The summed E-state index contributed by atoms with van der Waals surface area (Å²) in [5.41, 5.74) is 4.93. The maximum absolute atomic E-state index is 12.7. The molecule has 1 heterocycles. The van der Waals surface area contributed by atoms with Gasteiger partial charge in [0.25, 0.3) is 0 Å². The molecule has 1 N–H and O–H groups in total. The van der Waals surface area contributed by atoms with E-state index in [1.165, 1.54) is 21.8 Å². The molecule has 27 heavy (non-hydrogen) atoms. The first kappa shape index (κ1) is 19.6. The van der Waals surface area contributed by atoms with Crippen molar-refractivity contribution in [1.82, 2.24) is 0 Å². The molecule has 1 atom stereocenters. The number of rotatable bonds is 5. The normalized spacial score (nSPS) is 15.9. The minimum Gasteiger partial charge on any atom is -0.462 e. The lowest BCUT2D eigenvalue weighted by Crippen LogP contribution is -2.18. The Balaban J connectivity index is 1.84. The molecule has 1 aromatic heterocycles. The number of hydrogen-bond acceptors (Lipinski definition) is 4. The van der Waals surface area contributed by atoms with Gasteiger partial charge in [0.05, 0.1) is 18.6 Å². The van der Waals surface area contributed by atoms with Crippen LogP contribution in [0.2, 0.25) is 0 Å². The number of carbonyl (C=O) groups excluding carboxylic acids is 2. The van der Waals surface area contributed by atoms with Crippen LogP contribution in [0, 0.1) is 19.8 Å². The first-order valence-electron chi connectivity index (χ1n) is 9.56. The van der Waals surface area contributed by atoms with Gasteiger partial charge in [-0.2, -0.15) is 0 Å². The molecular weight excluding hydrogens is 358 g/mol. The molecule has 1 aliphatic rings. The van der Waals surface area contributed by atoms with E-state index in [0.717, 1.165) is 36.0 Å². The van der Waals surface area contributed by atoms with E-state index < -0.39 is 0 Å². The first-order chi connectivity index (χ1) is 12.9. The highest BCUT2D eigenvalue weighted by Gasteiger charge is 2.29. The van der Waals surface area contributed by atoms with Gasteiger partial charge in [0.1, 0.15) is 5.00 Å². The SMILES string of the molecule is CCOC(=O)c1c(NC(=O)Cc2ccc(C)cc2C)sc2c1CCC(C)C2. The Kier molecular flexibility index (Phi) is 6.00. The van der Waals surface area contributed by atoms with Gasteiger partial charge < -0.3 is 10.1 Å². The van der Waals surface area contributed by atoms with Crippen LogP contribution in [0.15, 0.2) is 18.2 Å². The highest BCUT2D eigenvalue weighted by atomic mass is 32.1. The van der Waals surface area contributed by atoms with Crippen LogP contribution in [0.4, 0.5) is 5.00 Å². The molecule has 144 valence electrons. The summed E-state index contributed by atoms with van der Waals surface area (Å²) in [5.74, 6) is 0.176. The lowest BCUT2D eigenvalue weighted by molar-refractivity contribution is -0.115. The number of carbonyl (C=O) groups is 2. The van der Waals surface area contributed by atoms with Crippen molar-refractivity contribution >= 4 is 28.2 Å². The second-order valence-electron chi connectivity index (χ2n) is 7.43. The summed E-state index contributed by atoms with van der Waals surface area (Å²) in [6, 6.07) is 6.10. The van der Waals surface area contributed by atoms with Crippen LogP contribution in [-0.2, 0) is 28.8 Å². The van der Waals surface area contributed by atoms with Gasteiger partial charge in [-0.1, -0.05) is 30.7 Å². The fourth-order valence-corrected chi connectivity index (χ4v) is 5.06. The van der Waals surface area contributed by atoms with Crippen LogP contribution in [-0.4, -0.2) is 18.5 Å². The number of aryl methyl sites for hydroxylation is 2. The smallest absolute Gasteiger partial charge is 0.341 e. The summed E-state index contributed by atoms with van der Waals surface area (Å²) in [5, 5.41) is 3.63. The summed E-state index contributed by atoms with van der Waals surface area (Å²) < 4.78 is 5.27. The zero-order chi connectivity index (χ0) is 19.6. The molecule has 0 aliphatic heterocycles. The Morgan fingerprint density at radius 2 is 2.07 bits per heavy atom. The Morgan fingerprint density at radius 1 is 1.30 bits per heavy atom. The van der Waals surface area contributed by atoms with Crippen LogP contribution in [0.1, 0.15) is 57.8 Å². The number of esters is 1. The molecule has 1 aliphatic carbocycles. The summed E-state index contributed by atoms with van der Waals surface area (Å²) in [4.78, 5) is 26.4. The van der Waals surface area contributed by atoms with Gasteiger partial charge in [0, 0.05) is 4.88 Å². The minimum absolute atomic E-state index is 0.0980. The molecule has 4 nitrogen and oxygen atoms in total. The number of fused-ring (bicyclic) bond motifs is 1. The Morgan fingerprint density at radius 3 is 2.78 bits per heavy atom. The third-order valence-electron chi connectivity index (χ3n) is 5.09. The van der Waals surface area contributed by atoms with E-state index in [0.29, 0.717) is 29.5 Å². The second kappa shape index (κ2) is 8.26. The van der Waals surface area contributed by atoms with E-state index in [9.17, 15) is 9.59 Å². The Bertz CT molecular complexity index is 869. The van der Waals surface area contributed by atoms with Crippen molar-refractivity contribution in [3.05, 3.63) is 50.9 Å². The number of amides is 1. The van der Waals surface area contributed by atoms with Crippen molar-refractivity contribution in [1.29, 1.82) is 0 Å². The van der Waals surface area contributed by atoms with Crippen LogP contribution in [0.3, 0.4) is 0 Å². The summed E-state index contributed by atoms with van der Waals surface area (Å²) in [6.07, 6.45) is 3.19. The number of ether oxygens (including phenoxy) is 1. The van der Waals surface area contributed by atoms with E-state index >= 15 is 0 Å². The Labute approximate surface area is 164 Å². The molecule has 0 saturated carbocycles. The number of hydrogen-bond donors (Lipinski definition) is 1. The molecule has 0 fully saturated rings. The maximum atomic E-state index is 12.7. The number of benzene rings is 1. The van der Waals surface area contributed by atoms with Crippen LogP contribution in [0.25, 0.3) is 0 Å². The predicted octanol–water partition coefficient (Wildman–Crippen LogP) is 4.85. The van der Waals surface area contributed by atoms with Crippen molar-refractivity contribution < 1.29 is 14.3 Å². The largest absolute Gasteiger partial charge is 0.462 e. The number of anilines is 1. The number of thiophene rings is 1. The van der Waals surface area contributed by atoms with E-state index in [2.05, 4.69) is 18.3 Å². The first-order valence-corrected chi connectivity index (χ1v) is 10.4. The van der Waals surface area contributed by atoms with Crippen molar-refractivity contribution in [3.8, 4) is 0 Å². The average molecular weight is 386 g/mol. The zero-order valence-corrected chi connectivity index (χ0v) is 17.3. The van der Waals surface area contributed by atoms with Gasteiger partial charge in [-0.3, -0.25) is 4.79 Å². The van der Waals surface area contributed by atoms with Crippen molar-refractivity contribution in [3.63, 3.8) is 0 Å². The quantitative estimate of drug-likeness (QED) is 0.749. The highest BCUT2D eigenvalue weighted by molar-refractivity contribution is 7.17. The lowest BCUT2D eigenvalue weighted by atomic mass is 9.88. The van der Waals surface area contributed by atoms with Gasteiger partial charge in [-0.05, 0) is 62.6 Å². The molecule has 0 spiro atoms. The third kappa shape index (κ3) is 4.41. The minimum atomic E-state index is -0.327. The molecule has 0 saturated heterocycles. The van der Waals surface area contributed by atoms with E-state index in [1.807, 2.05) is 26.0 Å². The van der Waals surface area contributed by atoms with Gasteiger partial charge in [0.2, 0.25) is 5.91 Å². The van der Waals surface area contributed by atoms with Crippen molar-refractivity contribution in [2.75, 3.05) is 11.9 Å². The zero-order valence-electron chi connectivity index (χ0n) is 16.5. The molecule has 0 radical (unpaired) electrons. The van der Waals surface area contributed by atoms with Gasteiger partial charge >= 0.3 is 5.97 Å². The standard InChI is InChI=1S/C22H27NO3S/c1-5-26-22(25)20-17-9-7-14(3)11-18(17)27-21(20)23-19(24)12-16-8-6-13(2)10-15(16)4/h6,8,10,14H,5,7,9,11-12H2,1-4H3,(H,23,24). The predicted molar refractivity (Wildman–Crippen MR) is 110 cm³/mol. The maximum Gasteiger partial charge on any atom is 0.341 e. The average Bonchev–Trinajstić information content (AvgIpc) is 2.94. The highest BCUT2D eigenvalue weighted by Crippen LogP contribution is 2.40. The fraction of sp³-hybridized carbons (Fsp3) is 0.455. The van der Waals surface area contributed by atoms with Gasteiger partial charge in [-0.25, -0.2) is 4.79 Å². The molecule has 1 aromatic carbocycles. The summed E-state index contributed by atoms with van der Waals surface area (Å²) in [6.45, 7) is 8.42. The van der Waals surface area contributed by atoms with Gasteiger partial charge in [-0.15, -0.1) is 11.3 Å². The van der Waals surface area contributed by atoms with E-state index in [1.54, 1.807) is 6.92 Å². The molecule has 3 rings (SSSR count). The van der Waals surface area contributed by atoms with Crippen LogP contribution < -0.4 is 5.32 Å². The summed E-state index contributed by atoms with van der Waals surface area (Å²) in [7, 11) is 0. The van der Waals surface area contributed by atoms with Crippen molar-refractivity contribution in [2.24, 2.45) is 5.92 Å². The monoisotopic (exact) mass is 385 g/mol. The Hall–Kier alpha value is -2.14. The molecule has 1 amide bonds. The lowest BCUT2D eigenvalue weighted by Gasteiger charge is -2.18. The van der Waals surface area contributed by atoms with Crippen molar-refractivity contribution in [2.45, 2.75) is 53.4 Å². The van der Waals surface area contributed by atoms with E-state index in [4.69, 9.17) is 4.74 Å². The number of nitrogens with one attached hydrogen (secondary N) is 1.